The van der Waals surface area contributed by atoms with Gasteiger partial charge in [0, 0.05) is 13.1 Å². The summed E-state index contributed by atoms with van der Waals surface area (Å²) in [6.07, 6.45) is 7.69. The zero-order valence-corrected chi connectivity index (χ0v) is 11.5. The number of hydrogen-bond donors (Lipinski definition) is 1. The van der Waals surface area contributed by atoms with Crippen molar-refractivity contribution in [2.75, 3.05) is 19.6 Å². The molecule has 1 amide bonds. The second kappa shape index (κ2) is 7.70. The third-order valence-corrected chi connectivity index (χ3v) is 3.71. The lowest BCUT2D eigenvalue weighted by Crippen LogP contribution is -2.40. The molecule has 0 unspecified atom stereocenters. The first-order valence-corrected chi connectivity index (χ1v) is 7.11. The van der Waals surface area contributed by atoms with E-state index in [-0.39, 0.29) is 12.5 Å². The molecule has 0 aromatic rings. The predicted molar refractivity (Wildman–Crippen MR) is 71.7 cm³/mol. The fourth-order valence-electron chi connectivity index (χ4n) is 2.54. The van der Waals surface area contributed by atoms with Gasteiger partial charge in [-0.05, 0) is 31.1 Å². The van der Waals surface area contributed by atoms with Gasteiger partial charge >= 0.3 is 0 Å². The molecule has 0 aromatic heterocycles. The second-order valence-electron chi connectivity index (χ2n) is 5.73. The normalized spacial score (nSPS) is 17.4. The lowest BCUT2D eigenvalue weighted by Gasteiger charge is -2.30. The van der Waals surface area contributed by atoms with Crippen molar-refractivity contribution >= 4 is 5.91 Å². The minimum atomic E-state index is 0.122. The maximum absolute atomic E-state index is 11.8. The molecule has 17 heavy (non-hydrogen) atoms. The summed E-state index contributed by atoms with van der Waals surface area (Å²) >= 11 is 0. The van der Waals surface area contributed by atoms with E-state index >= 15 is 0 Å². The van der Waals surface area contributed by atoms with Gasteiger partial charge in [-0.15, -0.1) is 0 Å². The Labute approximate surface area is 106 Å². The molecule has 1 aliphatic rings. The fourth-order valence-corrected chi connectivity index (χ4v) is 2.54. The standard InChI is InChI=1S/C14H28N2O/c1-12(2)8-9-16(14(17)10-15)11-13-6-4-3-5-7-13/h12-13H,3-11,15H2,1-2H3. The average Bonchev–Trinajstić information content (AvgIpc) is 2.34. The van der Waals surface area contributed by atoms with Crippen LogP contribution >= 0.6 is 0 Å². The minimum absolute atomic E-state index is 0.122. The van der Waals surface area contributed by atoms with E-state index in [0.29, 0.717) is 11.8 Å². The van der Waals surface area contributed by atoms with Crippen LogP contribution in [0.5, 0.6) is 0 Å². The largest absolute Gasteiger partial charge is 0.341 e. The Bertz CT molecular complexity index is 222. The van der Waals surface area contributed by atoms with Gasteiger partial charge in [-0.25, -0.2) is 0 Å². The second-order valence-corrected chi connectivity index (χ2v) is 5.73. The molecular formula is C14H28N2O. The first kappa shape index (κ1) is 14.5. The van der Waals surface area contributed by atoms with Crippen molar-refractivity contribution in [1.29, 1.82) is 0 Å². The molecule has 0 heterocycles. The lowest BCUT2D eigenvalue weighted by molar-refractivity contribution is -0.130. The van der Waals surface area contributed by atoms with Gasteiger partial charge in [0.2, 0.25) is 5.91 Å². The molecular weight excluding hydrogens is 212 g/mol. The van der Waals surface area contributed by atoms with Gasteiger partial charge in [0.1, 0.15) is 0 Å². The molecule has 1 saturated carbocycles. The molecule has 2 N–H and O–H groups in total. The summed E-state index contributed by atoms with van der Waals surface area (Å²) in [4.78, 5) is 13.8. The van der Waals surface area contributed by atoms with E-state index in [2.05, 4.69) is 13.8 Å². The van der Waals surface area contributed by atoms with Crippen molar-refractivity contribution in [3.63, 3.8) is 0 Å². The van der Waals surface area contributed by atoms with Crippen molar-refractivity contribution in [2.24, 2.45) is 17.6 Å². The molecule has 0 spiro atoms. The van der Waals surface area contributed by atoms with E-state index in [4.69, 9.17) is 5.73 Å². The first-order valence-electron chi connectivity index (χ1n) is 7.11. The van der Waals surface area contributed by atoms with Crippen LogP contribution in [0.1, 0.15) is 52.4 Å². The van der Waals surface area contributed by atoms with Gasteiger partial charge in [-0.1, -0.05) is 33.1 Å². The van der Waals surface area contributed by atoms with Gasteiger partial charge in [0.05, 0.1) is 6.54 Å². The molecule has 1 fully saturated rings. The van der Waals surface area contributed by atoms with Gasteiger partial charge in [0.15, 0.2) is 0 Å². The molecule has 3 heteroatoms. The molecule has 0 atom stereocenters. The van der Waals surface area contributed by atoms with Crippen molar-refractivity contribution < 1.29 is 4.79 Å². The molecule has 100 valence electrons. The summed E-state index contributed by atoms with van der Waals surface area (Å²) in [5.41, 5.74) is 5.49. The average molecular weight is 240 g/mol. The molecule has 0 aromatic carbocycles. The van der Waals surface area contributed by atoms with E-state index in [9.17, 15) is 4.79 Å². The number of rotatable bonds is 6. The predicted octanol–water partition coefficient (Wildman–Crippen LogP) is 2.40. The van der Waals surface area contributed by atoms with Crippen LogP contribution in [0.2, 0.25) is 0 Å². The van der Waals surface area contributed by atoms with Gasteiger partial charge < -0.3 is 10.6 Å². The molecule has 0 bridgehead atoms. The van der Waals surface area contributed by atoms with Gasteiger partial charge in [0.25, 0.3) is 0 Å². The molecule has 0 aliphatic heterocycles. The summed E-state index contributed by atoms with van der Waals surface area (Å²) in [5, 5.41) is 0. The van der Waals surface area contributed by atoms with Crippen LogP contribution < -0.4 is 5.73 Å². The summed E-state index contributed by atoms with van der Waals surface area (Å²) < 4.78 is 0. The summed E-state index contributed by atoms with van der Waals surface area (Å²) in [6.45, 7) is 6.37. The zero-order chi connectivity index (χ0) is 12.7. The van der Waals surface area contributed by atoms with Crippen LogP contribution in [0.15, 0.2) is 0 Å². The maximum atomic E-state index is 11.8. The molecule has 1 rings (SSSR count). The summed E-state index contributed by atoms with van der Waals surface area (Å²) in [6, 6.07) is 0. The molecule has 1 aliphatic carbocycles. The fraction of sp³-hybridized carbons (Fsp3) is 0.929. The number of carbonyl (C=O) groups is 1. The Morgan fingerprint density at radius 2 is 1.94 bits per heavy atom. The Morgan fingerprint density at radius 3 is 2.47 bits per heavy atom. The lowest BCUT2D eigenvalue weighted by atomic mass is 9.89. The molecule has 0 radical (unpaired) electrons. The van der Waals surface area contributed by atoms with Crippen LogP contribution in [0, 0.1) is 11.8 Å². The highest BCUT2D eigenvalue weighted by molar-refractivity contribution is 5.78. The number of hydrogen-bond acceptors (Lipinski definition) is 2. The summed E-state index contributed by atoms with van der Waals surface area (Å²) in [7, 11) is 0. The minimum Gasteiger partial charge on any atom is -0.341 e. The number of nitrogens with zero attached hydrogens (tertiary/aromatic N) is 1. The smallest absolute Gasteiger partial charge is 0.236 e. The number of amides is 1. The van der Waals surface area contributed by atoms with E-state index < -0.39 is 0 Å². The van der Waals surface area contributed by atoms with Crippen molar-refractivity contribution in [3.05, 3.63) is 0 Å². The maximum Gasteiger partial charge on any atom is 0.236 e. The van der Waals surface area contributed by atoms with Crippen molar-refractivity contribution in [2.45, 2.75) is 52.4 Å². The van der Waals surface area contributed by atoms with E-state index in [1.54, 1.807) is 0 Å². The highest BCUT2D eigenvalue weighted by atomic mass is 16.2. The quantitative estimate of drug-likeness (QED) is 0.775. The molecule has 3 nitrogen and oxygen atoms in total. The topological polar surface area (TPSA) is 46.3 Å². The van der Waals surface area contributed by atoms with Crippen molar-refractivity contribution in [3.8, 4) is 0 Å². The van der Waals surface area contributed by atoms with Crippen LogP contribution in [-0.4, -0.2) is 30.4 Å². The van der Waals surface area contributed by atoms with Crippen LogP contribution in [-0.2, 0) is 4.79 Å². The SMILES string of the molecule is CC(C)CCN(CC1CCCCC1)C(=O)CN. The Morgan fingerprint density at radius 1 is 1.29 bits per heavy atom. The van der Waals surface area contributed by atoms with Crippen LogP contribution in [0.25, 0.3) is 0 Å². The van der Waals surface area contributed by atoms with Gasteiger partial charge in [-0.2, -0.15) is 0 Å². The Hall–Kier alpha value is -0.570. The van der Waals surface area contributed by atoms with E-state index in [1.807, 2.05) is 4.90 Å². The number of carbonyl (C=O) groups excluding carboxylic acids is 1. The van der Waals surface area contributed by atoms with Crippen LogP contribution in [0.4, 0.5) is 0 Å². The van der Waals surface area contributed by atoms with E-state index in [0.717, 1.165) is 19.5 Å². The van der Waals surface area contributed by atoms with E-state index in [1.165, 1.54) is 32.1 Å². The van der Waals surface area contributed by atoms with Gasteiger partial charge in [-0.3, -0.25) is 4.79 Å². The Balaban J connectivity index is 2.41. The third-order valence-electron chi connectivity index (χ3n) is 3.71. The van der Waals surface area contributed by atoms with Crippen LogP contribution in [0.3, 0.4) is 0 Å². The summed E-state index contributed by atoms with van der Waals surface area (Å²) in [5.74, 6) is 1.48. The van der Waals surface area contributed by atoms with Crippen molar-refractivity contribution in [1.82, 2.24) is 4.90 Å². The monoisotopic (exact) mass is 240 g/mol. The highest BCUT2D eigenvalue weighted by Gasteiger charge is 2.20. The Kier molecular flexibility index (Phi) is 6.56. The molecule has 0 saturated heterocycles. The zero-order valence-electron chi connectivity index (χ0n) is 11.5. The number of nitrogens with two attached hydrogens (primary N) is 1. The third kappa shape index (κ3) is 5.53. The highest BCUT2D eigenvalue weighted by Crippen LogP contribution is 2.24. The first-order chi connectivity index (χ1) is 8.13.